The van der Waals surface area contributed by atoms with E-state index in [1.165, 1.54) is 6.20 Å². The summed E-state index contributed by atoms with van der Waals surface area (Å²) in [6.07, 6.45) is 1.33. The lowest BCUT2D eigenvalue weighted by molar-refractivity contribution is 0.102. The molecule has 5 N–H and O–H groups in total. The van der Waals surface area contributed by atoms with E-state index in [0.29, 0.717) is 12.2 Å². The average Bonchev–Trinajstić information content (AvgIpc) is 2.85. The highest BCUT2D eigenvalue weighted by Crippen LogP contribution is 2.15. The molecule has 0 bridgehead atoms. The van der Waals surface area contributed by atoms with Gasteiger partial charge >= 0.3 is 5.69 Å². The first-order valence-corrected chi connectivity index (χ1v) is 5.99. The Labute approximate surface area is 115 Å². The van der Waals surface area contributed by atoms with Gasteiger partial charge in [0.25, 0.3) is 5.91 Å². The minimum Gasteiger partial charge on any atom is -0.321 e. The van der Waals surface area contributed by atoms with Crippen LogP contribution in [0.1, 0.15) is 21.6 Å². The normalized spacial score (nSPS) is 9.70. The summed E-state index contributed by atoms with van der Waals surface area (Å²) in [5, 5.41) is 2.69. The number of benzene rings is 1. The molecule has 6 nitrogen and oxygen atoms in total. The summed E-state index contributed by atoms with van der Waals surface area (Å²) in [6.45, 7) is 2.20. The molecule has 0 saturated carbocycles. The van der Waals surface area contributed by atoms with Crippen LogP contribution in [0.5, 0.6) is 0 Å². The number of hydrogen-bond donors (Lipinski definition) is 4. The number of hydrogen-bond acceptors (Lipinski definition) is 3. The van der Waals surface area contributed by atoms with E-state index in [-0.39, 0.29) is 11.6 Å². The predicted molar refractivity (Wildman–Crippen MR) is 76.5 cm³/mol. The lowest BCUT2D eigenvalue weighted by Crippen LogP contribution is -2.14. The van der Waals surface area contributed by atoms with Crippen molar-refractivity contribution in [3.05, 3.63) is 51.7 Å². The van der Waals surface area contributed by atoms with Crippen LogP contribution in [0.3, 0.4) is 0 Å². The number of anilines is 1. The van der Waals surface area contributed by atoms with Gasteiger partial charge in [0.1, 0.15) is 5.69 Å². The van der Waals surface area contributed by atoms with E-state index in [1.807, 2.05) is 19.1 Å². The van der Waals surface area contributed by atoms with E-state index in [4.69, 9.17) is 5.73 Å². The molecular formula is C14H14N4O2. The van der Waals surface area contributed by atoms with Crippen molar-refractivity contribution in [3.8, 4) is 11.8 Å². The summed E-state index contributed by atoms with van der Waals surface area (Å²) >= 11 is 0. The van der Waals surface area contributed by atoms with Gasteiger partial charge in [-0.25, -0.2) is 4.79 Å². The van der Waals surface area contributed by atoms with Crippen LogP contribution in [-0.2, 0) is 0 Å². The number of amides is 1. The van der Waals surface area contributed by atoms with Crippen LogP contribution >= 0.6 is 0 Å². The van der Waals surface area contributed by atoms with Crippen LogP contribution in [0, 0.1) is 18.8 Å². The highest BCUT2D eigenvalue weighted by atomic mass is 16.2. The van der Waals surface area contributed by atoms with Gasteiger partial charge in [0, 0.05) is 17.4 Å². The number of carbonyl (C=O) groups excluding carboxylic acids is 1. The molecule has 0 fully saturated rings. The molecule has 0 unspecified atom stereocenters. The second-order valence-electron chi connectivity index (χ2n) is 4.15. The molecule has 0 spiro atoms. The first-order valence-electron chi connectivity index (χ1n) is 5.99. The van der Waals surface area contributed by atoms with Crippen molar-refractivity contribution in [2.45, 2.75) is 6.92 Å². The fourth-order valence-corrected chi connectivity index (χ4v) is 1.68. The number of carbonyl (C=O) groups is 1. The molecule has 1 heterocycles. The van der Waals surface area contributed by atoms with Crippen LogP contribution in [0.15, 0.2) is 29.2 Å². The molecule has 2 aromatic rings. The first-order chi connectivity index (χ1) is 9.60. The number of H-pyrrole nitrogens is 2. The molecule has 0 aliphatic carbocycles. The Morgan fingerprint density at radius 3 is 2.85 bits per heavy atom. The first kappa shape index (κ1) is 13.6. The number of aromatic nitrogens is 2. The van der Waals surface area contributed by atoms with Gasteiger partial charge in [-0.3, -0.25) is 4.79 Å². The molecule has 6 heteroatoms. The van der Waals surface area contributed by atoms with Crippen molar-refractivity contribution in [3.63, 3.8) is 0 Å². The summed E-state index contributed by atoms with van der Waals surface area (Å²) in [4.78, 5) is 27.5. The topological polar surface area (TPSA) is 104 Å². The number of nitrogens with one attached hydrogen (secondary N) is 3. The summed E-state index contributed by atoms with van der Waals surface area (Å²) in [7, 11) is 0. The number of imidazole rings is 1. The number of aromatic amines is 2. The average molecular weight is 270 g/mol. The van der Waals surface area contributed by atoms with E-state index >= 15 is 0 Å². The zero-order valence-corrected chi connectivity index (χ0v) is 10.9. The summed E-state index contributed by atoms with van der Waals surface area (Å²) < 4.78 is 0. The lowest BCUT2D eigenvalue weighted by atomic mass is 10.1. The predicted octanol–water partition coefficient (Wildman–Crippen LogP) is 0.574. The smallest absolute Gasteiger partial charge is 0.321 e. The van der Waals surface area contributed by atoms with Crippen LogP contribution in [0.2, 0.25) is 0 Å². The number of aryl methyl sites for hydroxylation is 1. The molecule has 20 heavy (non-hydrogen) atoms. The fraction of sp³-hybridized carbons (Fsp3) is 0.143. The Kier molecular flexibility index (Phi) is 4.03. The van der Waals surface area contributed by atoms with Crippen molar-refractivity contribution in [1.82, 2.24) is 9.97 Å². The molecular weight excluding hydrogens is 256 g/mol. The Bertz CT molecular complexity index is 746. The highest BCUT2D eigenvalue weighted by Gasteiger charge is 2.08. The maximum atomic E-state index is 11.8. The van der Waals surface area contributed by atoms with Crippen LogP contribution in [0.4, 0.5) is 5.69 Å². The summed E-state index contributed by atoms with van der Waals surface area (Å²) in [5.41, 5.74) is 7.52. The van der Waals surface area contributed by atoms with Crippen molar-refractivity contribution in [2.75, 3.05) is 11.9 Å². The largest absolute Gasteiger partial charge is 0.323 e. The van der Waals surface area contributed by atoms with Gasteiger partial charge in [-0.2, -0.15) is 0 Å². The Balaban J connectivity index is 2.16. The van der Waals surface area contributed by atoms with Crippen molar-refractivity contribution >= 4 is 11.6 Å². The van der Waals surface area contributed by atoms with E-state index in [9.17, 15) is 9.59 Å². The lowest BCUT2D eigenvalue weighted by Gasteiger charge is -2.06. The van der Waals surface area contributed by atoms with Gasteiger partial charge in [-0.05, 0) is 30.7 Å². The molecule has 0 aliphatic rings. The monoisotopic (exact) mass is 270 g/mol. The molecule has 102 valence electrons. The minimum atomic E-state index is -0.418. The van der Waals surface area contributed by atoms with Crippen LogP contribution in [0.25, 0.3) is 0 Å². The number of rotatable bonds is 2. The van der Waals surface area contributed by atoms with Gasteiger partial charge in [-0.1, -0.05) is 11.8 Å². The van der Waals surface area contributed by atoms with E-state index < -0.39 is 5.69 Å². The molecule has 1 aromatic carbocycles. The van der Waals surface area contributed by atoms with E-state index in [0.717, 1.165) is 11.1 Å². The van der Waals surface area contributed by atoms with Gasteiger partial charge in [-0.15, -0.1) is 0 Å². The standard InChI is InChI=1S/C14H14N4O2/c1-9-7-11(5-4-10(9)3-2-6-15)17-13(19)12-8-16-14(20)18-12/h4-5,7-8H,6,15H2,1H3,(H,17,19)(H2,16,18,20). The molecule has 0 saturated heterocycles. The fourth-order valence-electron chi connectivity index (χ4n) is 1.68. The third kappa shape index (κ3) is 3.16. The SMILES string of the molecule is Cc1cc(NC(=O)c2c[nH]c(=O)[nH]2)ccc1C#CCN. The van der Waals surface area contributed by atoms with Gasteiger partial charge in [0.15, 0.2) is 0 Å². The van der Waals surface area contributed by atoms with E-state index in [2.05, 4.69) is 27.1 Å². The summed E-state index contributed by atoms with van der Waals surface area (Å²) in [5.74, 6) is 5.34. The second kappa shape index (κ2) is 5.91. The second-order valence-corrected chi connectivity index (χ2v) is 4.15. The Morgan fingerprint density at radius 1 is 1.45 bits per heavy atom. The zero-order chi connectivity index (χ0) is 14.5. The van der Waals surface area contributed by atoms with E-state index in [1.54, 1.807) is 6.07 Å². The highest BCUT2D eigenvalue weighted by molar-refractivity contribution is 6.02. The quantitative estimate of drug-likeness (QED) is 0.600. The van der Waals surface area contributed by atoms with Crippen molar-refractivity contribution in [1.29, 1.82) is 0 Å². The van der Waals surface area contributed by atoms with Gasteiger partial charge in [0.2, 0.25) is 0 Å². The molecule has 1 amide bonds. The molecule has 0 atom stereocenters. The van der Waals surface area contributed by atoms with Gasteiger partial charge in [0.05, 0.1) is 6.54 Å². The van der Waals surface area contributed by atoms with Crippen molar-refractivity contribution < 1.29 is 4.79 Å². The molecule has 0 radical (unpaired) electrons. The van der Waals surface area contributed by atoms with Crippen molar-refractivity contribution in [2.24, 2.45) is 5.73 Å². The molecule has 0 aliphatic heterocycles. The Hall–Kier alpha value is -2.78. The molecule has 2 rings (SSSR count). The third-order valence-corrected chi connectivity index (χ3v) is 2.65. The number of nitrogens with two attached hydrogens (primary N) is 1. The minimum absolute atomic E-state index is 0.180. The maximum Gasteiger partial charge on any atom is 0.323 e. The maximum absolute atomic E-state index is 11.8. The van der Waals surface area contributed by atoms with Crippen LogP contribution < -0.4 is 16.7 Å². The molecule has 1 aromatic heterocycles. The van der Waals surface area contributed by atoms with Gasteiger partial charge < -0.3 is 21.0 Å². The third-order valence-electron chi connectivity index (χ3n) is 2.65. The van der Waals surface area contributed by atoms with Crippen LogP contribution in [-0.4, -0.2) is 22.4 Å². The summed E-state index contributed by atoms with van der Waals surface area (Å²) in [6, 6.07) is 5.37. The zero-order valence-electron chi connectivity index (χ0n) is 10.9. The Morgan fingerprint density at radius 2 is 2.25 bits per heavy atom.